The summed E-state index contributed by atoms with van der Waals surface area (Å²) in [6.45, 7) is 4.22. The molecule has 9 nitrogen and oxygen atoms in total. The van der Waals surface area contributed by atoms with Crippen molar-refractivity contribution in [3.05, 3.63) is 89.2 Å². The molecule has 1 aliphatic rings. The van der Waals surface area contributed by atoms with Crippen LogP contribution in [-0.4, -0.2) is 52.6 Å². The Bertz CT molecular complexity index is 1590. The van der Waals surface area contributed by atoms with Crippen LogP contribution in [0.2, 0.25) is 5.02 Å². The first-order valence-electron chi connectivity index (χ1n) is 12.1. The van der Waals surface area contributed by atoms with Crippen molar-refractivity contribution in [1.82, 2.24) is 19.3 Å². The van der Waals surface area contributed by atoms with E-state index in [0.717, 1.165) is 18.2 Å². The molecule has 1 aliphatic heterocycles. The van der Waals surface area contributed by atoms with E-state index >= 15 is 0 Å². The molecule has 2 aromatic carbocycles. The molecule has 0 saturated carbocycles. The smallest absolute Gasteiger partial charge is 0.235 e. The number of benzene rings is 2. The van der Waals surface area contributed by atoms with E-state index in [1.807, 2.05) is 30.3 Å². The number of nitrogens with zero attached hydrogens (tertiary/aromatic N) is 3. The van der Waals surface area contributed by atoms with Crippen LogP contribution in [-0.2, 0) is 10.0 Å². The van der Waals surface area contributed by atoms with Crippen LogP contribution in [0.5, 0.6) is 11.5 Å². The van der Waals surface area contributed by atoms with Crippen molar-refractivity contribution in [3.63, 3.8) is 0 Å². The Balaban J connectivity index is 1.40. The van der Waals surface area contributed by atoms with Gasteiger partial charge in [-0.15, -0.1) is 0 Å². The quantitative estimate of drug-likeness (QED) is 0.268. The number of hydrogen-bond acceptors (Lipinski definition) is 7. The molecule has 0 radical (unpaired) electrons. The number of para-hydroxylation sites is 1. The summed E-state index contributed by atoms with van der Waals surface area (Å²) in [6.07, 6.45) is 5.39. The van der Waals surface area contributed by atoms with E-state index in [1.165, 1.54) is 10.6 Å². The highest BCUT2D eigenvalue weighted by Crippen LogP contribution is 2.31. The average molecular weight is 552 g/mol. The van der Waals surface area contributed by atoms with Crippen molar-refractivity contribution >= 4 is 44.3 Å². The van der Waals surface area contributed by atoms with Gasteiger partial charge in [0, 0.05) is 42.4 Å². The Morgan fingerprint density at radius 3 is 2.74 bits per heavy atom. The second-order valence-electron chi connectivity index (χ2n) is 8.89. The topological polar surface area (TPSA) is 117 Å². The molecule has 0 bridgehead atoms. The lowest BCUT2D eigenvalue weighted by Crippen LogP contribution is -2.46. The van der Waals surface area contributed by atoms with Crippen LogP contribution in [0, 0.1) is 0 Å². The molecule has 3 heterocycles. The molecular weight excluding hydrogens is 526 g/mol. The van der Waals surface area contributed by atoms with Crippen molar-refractivity contribution in [2.24, 2.45) is 0 Å². The first-order chi connectivity index (χ1) is 18.4. The zero-order valence-corrected chi connectivity index (χ0v) is 22.0. The Kier molecular flexibility index (Phi) is 7.46. The van der Waals surface area contributed by atoms with Gasteiger partial charge >= 0.3 is 0 Å². The maximum absolute atomic E-state index is 13.6. The summed E-state index contributed by atoms with van der Waals surface area (Å²) in [5.74, 6) is 1.29. The molecule has 1 saturated heterocycles. The van der Waals surface area contributed by atoms with Crippen LogP contribution in [0.3, 0.4) is 0 Å². The summed E-state index contributed by atoms with van der Waals surface area (Å²) in [6, 6.07) is 13.9. The molecule has 1 atom stereocenters. The van der Waals surface area contributed by atoms with E-state index in [1.54, 1.807) is 24.4 Å². The first-order valence-corrected chi connectivity index (χ1v) is 14.0. The van der Waals surface area contributed by atoms with Gasteiger partial charge in [-0.25, -0.2) is 18.4 Å². The molecule has 2 aromatic heterocycles. The maximum Gasteiger partial charge on any atom is 0.235 e. The molecule has 196 valence electrons. The molecule has 1 fully saturated rings. The van der Waals surface area contributed by atoms with Gasteiger partial charge in [-0.2, -0.15) is 4.31 Å². The van der Waals surface area contributed by atoms with Gasteiger partial charge in [0.1, 0.15) is 29.3 Å². The third-order valence-corrected chi connectivity index (χ3v) is 8.36. The number of aromatic nitrogens is 3. The van der Waals surface area contributed by atoms with E-state index in [2.05, 4.69) is 26.8 Å². The zero-order valence-electron chi connectivity index (χ0n) is 20.4. The van der Waals surface area contributed by atoms with Crippen LogP contribution in [0.1, 0.15) is 35.2 Å². The largest absolute Gasteiger partial charge is 0.457 e. The van der Waals surface area contributed by atoms with E-state index in [-0.39, 0.29) is 16.8 Å². The van der Waals surface area contributed by atoms with Crippen LogP contribution in [0.15, 0.2) is 73.0 Å². The Morgan fingerprint density at radius 2 is 1.97 bits per heavy atom. The number of fused-ring (bicyclic) bond motifs is 1. The number of sulfonamides is 1. The van der Waals surface area contributed by atoms with Crippen LogP contribution < -0.4 is 10.1 Å². The molecule has 0 aliphatic carbocycles. The minimum atomic E-state index is -3.55. The number of halogens is 1. The maximum atomic E-state index is 13.6. The Labute approximate surface area is 225 Å². The highest BCUT2D eigenvalue weighted by Gasteiger charge is 2.30. The predicted molar refractivity (Wildman–Crippen MR) is 147 cm³/mol. The number of rotatable bonds is 9. The van der Waals surface area contributed by atoms with Crippen LogP contribution in [0.4, 0.5) is 5.82 Å². The van der Waals surface area contributed by atoms with Gasteiger partial charge in [-0.1, -0.05) is 42.8 Å². The van der Waals surface area contributed by atoms with Crippen LogP contribution in [0.25, 0.3) is 11.0 Å². The monoisotopic (exact) mass is 551 g/mol. The number of H-pyrrole nitrogens is 1. The van der Waals surface area contributed by atoms with Crippen LogP contribution >= 0.6 is 11.6 Å². The highest BCUT2D eigenvalue weighted by atomic mass is 35.5. The summed E-state index contributed by atoms with van der Waals surface area (Å²) in [7, 11) is -3.55. The van der Waals surface area contributed by atoms with Crippen molar-refractivity contribution in [1.29, 1.82) is 0 Å². The number of carbonyl (C=O) groups is 1. The molecule has 2 N–H and O–H groups in total. The minimum absolute atomic E-state index is 0.247. The van der Waals surface area contributed by atoms with E-state index in [9.17, 15) is 13.2 Å². The molecule has 4 aromatic rings. The molecule has 0 amide bonds. The molecular formula is C27H26ClN5O4S. The SMILES string of the molecule is C=CS(=O)(=O)N1CCCCC1CNc1ncnc2[nH]cc(C(=O)c3ccc(Oc4ccccc4)cc3Cl)c12. The second-order valence-corrected chi connectivity index (χ2v) is 11.1. The van der Waals surface area contributed by atoms with Gasteiger partial charge in [-0.05, 0) is 37.1 Å². The van der Waals surface area contributed by atoms with Gasteiger partial charge < -0.3 is 15.0 Å². The first kappa shape index (κ1) is 25.9. The van der Waals surface area contributed by atoms with Gasteiger partial charge in [0.15, 0.2) is 5.78 Å². The number of aromatic amines is 1. The standard InChI is InChI=1S/C27H26ClN5O4S/c1-2-38(35,36)33-13-7-6-8-18(33)15-29-26-24-22(16-30-27(24)32-17-31-26)25(34)21-12-11-20(14-23(21)28)37-19-9-4-3-5-10-19/h2-5,9-12,14,16-18H,1,6-8,13,15H2,(H2,29,30,31,32). The number of piperidine rings is 1. The fourth-order valence-corrected chi connectivity index (χ4v) is 6.04. The van der Waals surface area contributed by atoms with Gasteiger partial charge in [0.05, 0.1) is 16.0 Å². The molecule has 38 heavy (non-hydrogen) atoms. The highest BCUT2D eigenvalue weighted by molar-refractivity contribution is 7.92. The van der Waals surface area contributed by atoms with Crippen molar-refractivity contribution in [2.45, 2.75) is 25.3 Å². The fraction of sp³-hybridized carbons (Fsp3) is 0.222. The number of hydrogen-bond donors (Lipinski definition) is 2. The number of ether oxygens (including phenoxy) is 1. The number of carbonyl (C=O) groups excluding carboxylic acids is 1. The lowest BCUT2D eigenvalue weighted by Gasteiger charge is -2.33. The van der Waals surface area contributed by atoms with E-state index in [4.69, 9.17) is 16.3 Å². The number of nitrogens with one attached hydrogen (secondary N) is 2. The van der Waals surface area contributed by atoms with Crippen molar-refractivity contribution < 1.29 is 17.9 Å². The zero-order chi connectivity index (χ0) is 26.7. The molecule has 1 unspecified atom stereocenters. The number of anilines is 1. The Hall–Kier alpha value is -3.73. The predicted octanol–water partition coefficient (Wildman–Crippen LogP) is 5.37. The van der Waals surface area contributed by atoms with E-state index < -0.39 is 10.0 Å². The lowest BCUT2D eigenvalue weighted by atomic mass is 10.0. The third kappa shape index (κ3) is 5.28. The normalized spacial score (nSPS) is 16.3. The summed E-state index contributed by atoms with van der Waals surface area (Å²) in [4.78, 5) is 25.2. The van der Waals surface area contributed by atoms with Crippen molar-refractivity contribution in [3.8, 4) is 11.5 Å². The Morgan fingerprint density at radius 1 is 1.16 bits per heavy atom. The fourth-order valence-electron chi connectivity index (χ4n) is 4.61. The van der Waals surface area contributed by atoms with Crippen molar-refractivity contribution in [2.75, 3.05) is 18.4 Å². The number of ketones is 1. The second kappa shape index (κ2) is 10.9. The van der Waals surface area contributed by atoms with Gasteiger partial charge in [0.25, 0.3) is 0 Å². The summed E-state index contributed by atoms with van der Waals surface area (Å²) >= 11 is 6.51. The summed E-state index contributed by atoms with van der Waals surface area (Å²) in [5.41, 5.74) is 1.13. The average Bonchev–Trinajstić information content (AvgIpc) is 3.37. The molecule has 11 heteroatoms. The summed E-state index contributed by atoms with van der Waals surface area (Å²) in [5, 5.41) is 4.99. The lowest BCUT2D eigenvalue weighted by molar-refractivity contribution is 0.104. The third-order valence-electron chi connectivity index (χ3n) is 6.49. The van der Waals surface area contributed by atoms with Gasteiger partial charge in [-0.3, -0.25) is 4.79 Å². The molecule has 0 spiro atoms. The molecule has 5 rings (SSSR count). The van der Waals surface area contributed by atoms with E-state index in [0.29, 0.717) is 59.0 Å². The minimum Gasteiger partial charge on any atom is -0.457 e. The van der Waals surface area contributed by atoms with Gasteiger partial charge in [0.2, 0.25) is 10.0 Å². The summed E-state index contributed by atoms with van der Waals surface area (Å²) < 4.78 is 32.3.